The molecule has 0 saturated carbocycles. The van der Waals surface area contributed by atoms with Crippen LogP contribution in [0.4, 0.5) is 0 Å². The lowest BCUT2D eigenvalue weighted by Crippen LogP contribution is -2.34. The van der Waals surface area contributed by atoms with Crippen LogP contribution in [0.3, 0.4) is 0 Å². The van der Waals surface area contributed by atoms with Crippen molar-refractivity contribution in [2.75, 3.05) is 26.4 Å². The molecule has 3 atom stereocenters. The third-order valence-corrected chi connectivity index (χ3v) is 10.4. The van der Waals surface area contributed by atoms with Crippen molar-refractivity contribution >= 4 is 19.8 Å². The number of aliphatic carboxylic acids is 1. The Hall–Kier alpha value is -2.85. The van der Waals surface area contributed by atoms with Gasteiger partial charge in [-0.2, -0.15) is 0 Å². The summed E-state index contributed by atoms with van der Waals surface area (Å²) in [6.07, 6.45) is 56.3. The van der Waals surface area contributed by atoms with E-state index in [1.54, 1.807) is 0 Å². The summed E-state index contributed by atoms with van der Waals surface area (Å²) in [5.41, 5.74) is 5.36. The predicted octanol–water partition coefficient (Wildman–Crippen LogP) is 13.1. The fraction of sp³-hybridized carbons (Fsp3) is 0.673. The number of carbonyl (C=O) groups is 2. The minimum Gasteiger partial charge on any atom is -0.480 e. The number of carboxylic acid groups (broad SMARTS) is 1. The number of carbonyl (C=O) groups excluding carboxylic acids is 1. The van der Waals surface area contributed by atoms with Gasteiger partial charge in [0.25, 0.3) is 0 Å². The van der Waals surface area contributed by atoms with Crippen molar-refractivity contribution in [3.63, 3.8) is 0 Å². The molecule has 0 aromatic rings. The van der Waals surface area contributed by atoms with Gasteiger partial charge >= 0.3 is 19.8 Å². The molecule has 4 N–H and O–H groups in total. The quantitative estimate of drug-likeness (QED) is 0.0233. The molecule has 0 aromatic carbocycles. The van der Waals surface area contributed by atoms with Crippen molar-refractivity contribution in [3.8, 4) is 0 Å². The van der Waals surface area contributed by atoms with E-state index in [1.807, 2.05) is 0 Å². The predicted molar refractivity (Wildman–Crippen MR) is 249 cm³/mol. The second kappa shape index (κ2) is 44.2. The molecular weight excluding hydrogens is 778 g/mol. The van der Waals surface area contributed by atoms with Crippen molar-refractivity contribution < 1.29 is 42.7 Å². The highest BCUT2D eigenvalue weighted by molar-refractivity contribution is 7.47. The third kappa shape index (κ3) is 43.2. The van der Waals surface area contributed by atoms with E-state index >= 15 is 0 Å². The molecule has 3 unspecified atom stereocenters. The average molecular weight is 862 g/mol. The summed E-state index contributed by atoms with van der Waals surface area (Å²) < 4.78 is 33.4. The van der Waals surface area contributed by atoms with E-state index in [9.17, 15) is 19.0 Å². The number of carboxylic acids is 1. The van der Waals surface area contributed by atoms with Gasteiger partial charge in [-0.05, 0) is 89.9 Å². The van der Waals surface area contributed by atoms with E-state index in [-0.39, 0.29) is 13.0 Å². The van der Waals surface area contributed by atoms with Crippen LogP contribution in [0.25, 0.3) is 0 Å². The van der Waals surface area contributed by atoms with Crippen molar-refractivity contribution in [1.82, 2.24) is 0 Å². The normalized spacial score (nSPS) is 14.6. The Balaban J connectivity index is 4.27. The number of phosphoric ester groups is 1. The van der Waals surface area contributed by atoms with Crippen molar-refractivity contribution in [2.24, 2.45) is 5.73 Å². The van der Waals surface area contributed by atoms with Gasteiger partial charge in [-0.3, -0.25) is 18.6 Å². The summed E-state index contributed by atoms with van der Waals surface area (Å²) in [6.45, 7) is 3.68. The number of nitrogens with two attached hydrogens (primary N) is 1. The van der Waals surface area contributed by atoms with E-state index in [2.05, 4.69) is 98.9 Å². The van der Waals surface area contributed by atoms with Crippen LogP contribution in [0.15, 0.2) is 85.1 Å². The molecule has 0 aliphatic heterocycles. The van der Waals surface area contributed by atoms with E-state index in [0.717, 1.165) is 103 Å². The van der Waals surface area contributed by atoms with Gasteiger partial charge in [0.1, 0.15) is 12.1 Å². The van der Waals surface area contributed by atoms with Gasteiger partial charge < -0.3 is 25.2 Å². The first-order valence-electron chi connectivity index (χ1n) is 23.1. The van der Waals surface area contributed by atoms with Crippen LogP contribution in [-0.2, 0) is 32.7 Å². The Morgan fingerprint density at radius 2 is 0.967 bits per heavy atom. The van der Waals surface area contributed by atoms with Crippen LogP contribution in [0.2, 0.25) is 0 Å². The molecule has 0 saturated heterocycles. The first-order chi connectivity index (χ1) is 29.2. The summed E-state index contributed by atoms with van der Waals surface area (Å²) in [7, 11) is -4.63. The van der Waals surface area contributed by atoms with Crippen molar-refractivity contribution in [1.29, 1.82) is 0 Å². The molecule has 0 rings (SSSR count). The van der Waals surface area contributed by atoms with Gasteiger partial charge in [0.05, 0.1) is 19.8 Å². The van der Waals surface area contributed by atoms with Crippen molar-refractivity contribution in [3.05, 3.63) is 85.1 Å². The van der Waals surface area contributed by atoms with E-state index in [0.29, 0.717) is 13.0 Å². The maximum absolute atomic E-state index is 12.6. The number of unbranched alkanes of at least 4 members (excludes halogenated alkanes) is 15. The highest BCUT2D eigenvalue weighted by atomic mass is 31.2. The van der Waals surface area contributed by atoms with Gasteiger partial charge in [0, 0.05) is 13.0 Å². The molecule has 0 aliphatic rings. The van der Waals surface area contributed by atoms with Crippen LogP contribution in [0.1, 0.15) is 174 Å². The van der Waals surface area contributed by atoms with Gasteiger partial charge in [0.2, 0.25) is 0 Å². The third-order valence-electron chi connectivity index (χ3n) is 9.41. The lowest BCUT2D eigenvalue weighted by atomic mass is 10.1. The Labute approximate surface area is 365 Å². The van der Waals surface area contributed by atoms with Gasteiger partial charge in [-0.1, -0.05) is 163 Å². The zero-order chi connectivity index (χ0) is 44.0. The molecule has 60 heavy (non-hydrogen) atoms. The lowest BCUT2D eigenvalue weighted by Gasteiger charge is -2.20. The van der Waals surface area contributed by atoms with Gasteiger partial charge in [-0.15, -0.1) is 0 Å². The summed E-state index contributed by atoms with van der Waals surface area (Å²) >= 11 is 0. The molecule has 0 radical (unpaired) electrons. The molecule has 0 bridgehead atoms. The minimum absolute atomic E-state index is 0.00407. The first kappa shape index (κ1) is 57.1. The largest absolute Gasteiger partial charge is 0.480 e. The van der Waals surface area contributed by atoms with E-state index < -0.39 is 45.1 Å². The Kier molecular flexibility index (Phi) is 42.1. The smallest absolute Gasteiger partial charge is 0.472 e. The standard InChI is InChI=1S/C49H84NO9P/c1-3-5-7-9-11-13-15-17-19-21-22-23-24-25-26-28-30-32-34-36-38-40-42-56-43-46(44-57-60(54,55)58-45-47(50)49(52)53)59-48(51)41-39-37-35-33-31-29-27-20-18-16-14-12-10-8-6-4-2/h5,7,11,13-14,16-17,19-20,22-23,25-27,46-47H,3-4,6,8-10,12,15,18,21,24,28-45,50H2,1-2H3,(H,52,53)(H,54,55)/b7-5-,13-11-,16-14-,19-17-,23-22-,26-25-,27-20-. The maximum Gasteiger partial charge on any atom is 0.472 e. The number of phosphoric acid groups is 1. The Morgan fingerprint density at radius 3 is 1.45 bits per heavy atom. The molecule has 0 aromatic heterocycles. The van der Waals surface area contributed by atoms with Crippen LogP contribution in [0, 0.1) is 0 Å². The molecule has 10 nitrogen and oxygen atoms in total. The Bertz CT molecular complexity index is 1270. The number of allylic oxidation sites excluding steroid dienone is 14. The zero-order valence-corrected chi connectivity index (χ0v) is 38.4. The van der Waals surface area contributed by atoms with E-state index in [4.69, 9.17) is 29.4 Å². The number of hydrogen-bond donors (Lipinski definition) is 3. The number of hydrogen-bond acceptors (Lipinski definition) is 8. The maximum atomic E-state index is 12.6. The molecule has 0 aliphatic carbocycles. The first-order valence-corrected chi connectivity index (χ1v) is 24.6. The molecular formula is C49H84NO9P. The topological polar surface area (TPSA) is 155 Å². The minimum atomic E-state index is -4.63. The van der Waals surface area contributed by atoms with Gasteiger partial charge in [0.15, 0.2) is 0 Å². The second-order valence-electron chi connectivity index (χ2n) is 15.1. The zero-order valence-electron chi connectivity index (χ0n) is 37.5. The summed E-state index contributed by atoms with van der Waals surface area (Å²) in [5.74, 6) is -1.81. The highest BCUT2D eigenvalue weighted by Crippen LogP contribution is 2.43. The molecule has 0 spiro atoms. The molecule has 0 fully saturated rings. The van der Waals surface area contributed by atoms with Crippen molar-refractivity contribution in [2.45, 2.75) is 187 Å². The van der Waals surface area contributed by atoms with Crippen LogP contribution in [-0.4, -0.2) is 60.5 Å². The van der Waals surface area contributed by atoms with E-state index in [1.165, 1.54) is 44.9 Å². The second-order valence-corrected chi connectivity index (χ2v) is 16.6. The monoisotopic (exact) mass is 862 g/mol. The highest BCUT2D eigenvalue weighted by Gasteiger charge is 2.27. The molecule has 344 valence electrons. The lowest BCUT2D eigenvalue weighted by molar-refractivity contribution is -0.154. The van der Waals surface area contributed by atoms with Crippen LogP contribution < -0.4 is 5.73 Å². The number of rotatable bonds is 43. The van der Waals surface area contributed by atoms with Crippen LogP contribution >= 0.6 is 7.82 Å². The average Bonchev–Trinajstić information content (AvgIpc) is 3.23. The number of esters is 1. The summed E-state index contributed by atoms with van der Waals surface area (Å²) in [6, 6.07) is -1.48. The fourth-order valence-electron chi connectivity index (χ4n) is 5.84. The molecule has 0 amide bonds. The van der Waals surface area contributed by atoms with Gasteiger partial charge in [-0.25, -0.2) is 4.57 Å². The molecule has 0 heterocycles. The number of ether oxygens (including phenoxy) is 2. The SMILES string of the molecule is CC/C=C\C/C=C\C/C=C\C/C=C\C/C=C\CCCCCCCCOCC(COP(=O)(O)OCC(N)C(=O)O)OC(=O)CCCCCCC/C=C\C/C=C\CCCCCC. The molecule has 11 heteroatoms. The summed E-state index contributed by atoms with van der Waals surface area (Å²) in [5, 5.41) is 8.91. The summed E-state index contributed by atoms with van der Waals surface area (Å²) in [4.78, 5) is 33.6. The Morgan fingerprint density at radius 1 is 0.550 bits per heavy atom. The van der Waals surface area contributed by atoms with Crippen LogP contribution in [0.5, 0.6) is 0 Å². The fourth-order valence-corrected chi connectivity index (χ4v) is 6.61.